The highest BCUT2D eigenvalue weighted by Gasteiger charge is 2.15. The Morgan fingerprint density at radius 2 is 2.16 bits per heavy atom. The molecule has 0 bridgehead atoms. The maximum Gasteiger partial charge on any atom is 0.271 e. The zero-order valence-electron chi connectivity index (χ0n) is 11.4. The number of rotatable bonds is 6. The number of benzene rings is 1. The lowest BCUT2D eigenvalue weighted by Crippen LogP contribution is -2.30. The highest BCUT2D eigenvalue weighted by molar-refractivity contribution is 5.93. The predicted octanol–water partition coefficient (Wildman–Crippen LogP) is 2.09. The smallest absolute Gasteiger partial charge is 0.271 e. The predicted molar refractivity (Wildman–Crippen MR) is 74.2 cm³/mol. The first kappa shape index (κ1) is 15.1. The number of hydrogen-bond donors (Lipinski definition) is 2. The molecule has 6 nitrogen and oxygen atoms in total. The second kappa shape index (κ2) is 6.84. The summed E-state index contributed by atoms with van der Waals surface area (Å²) in [5, 5.41) is 16.5. The second-order valence-corrected chi connectivity index (χ2v) is 4.45. The SMILES string of the molecule is CCNCC(C)C(=O)Nc1cc([N+](=O)[O-])ccc1C. The molecule has 1 amide bonds. The largest absolute Gasteiger partial charge is 0.325 e. The lowest BCUT2D eigenvalue weighted by molar-refractivity contribution is -0.384. The van der Waals surface area contributed by atoms with Crippen molar-refractivity contribution in [2.24, 2.45) is 5.92 Å². The van der Waals surface area contributed by atoms with Crippen molar-refractivity contribution in [3.05, 3.63) is 33.9 Å². The zero-order valence-corrected chi connectivity index (χ0v) is 11.4. The summed E-state index contributed by atoms with van der Waals surface area (Å²) in [6.07, 6.45) is 0. The summed E-state index contributed by atoms with van der Waals surface area (Å²) < 4.78 is 0. The summed E-state index contributed by atoms with van der Waals surface area (Å²) in [5.74, 6) is -0.344. The van der Waals surface area contributed by atoms with E-state index in [2.05, 4.69) is 10.6 Å². The van der Waals surface area contributed by atoms with Crippen molar-refractivity contribution < 1.29 is 9.72 Å². The average molecular weight is 265 g/mol. The minimum atomic E-state index is -0.475. The van der Waals surface area contributed by atoms with Gasteiger partial charge in [-0.1, -0.05) is 19.9 Å². The van der Waals surface area contributed by atoms with Crippen LogP contribution in [0.2, 0.25) is 0 Å². The summed E-state index contributed by atoms with van der Waals surface area (Å²) >= 11 is 0. The molecular formula is C13H19N3O3. The zero-order chi connectivity index (χ0) is 14.4. The van der Waals surface area contributed by atoms with Crippen molar-refractivity contribution >= 4 is 17.3 Å². The molecule has 1 rings (SSSR count). The van der Waals surface area contributed by atoms with Gasteiger partial charge in [0, 0.05) is 24.6 Å². The van der Waals surface area contributed by atoms with Crippen LogP contribution < -0.4 is 10.6 Å². The van der Waals surface area contributed by atoms with E-state index in [-0.39, 0.29) is 17.5 Å². The van der Waals surface area contributed by atoms with Crippen molar-refractivity contribution in [1.82, 2.24) is 5.32 Å². The van der Waals surface area contributed by atoms with E-state index in [1.54, 1.807) is 13.0 Å². The number of carbonyl (C=O) groups is 1. The molecular weight excluding hydrogens is 246 g/mol. The normalized spacial score (nSPS) is 11.9. The van der Waals surface area contributed by atoms with Gasteiger partial charge >= 0.3 is 0 Å². The van der Waals surface area contributed by atoms with Crippen LogP contribution >= 0.6 is 0 Å². The van der Waals surface area contributed by atoms with Crippen molar-refractivity contribution in [1.29, 1.82) is 0 Å². The minimum absolute atomic E-state index is 0.0276. The van der Waals surface area contributed by atoms with Crippen LogP contribution in [0.4, 0.5) is 11.4 Å². The van der Waals surface area contributed by atoms with Crippen LogP contribution in [0.15, 0.2) is 18.2 Å². The number of nitro groups is 1. The van der Waals surface area contributed by atoms with E-state index in [1.165, 1.54) is 12.1 Å². The molecule has 1 aromatic rings. The third kappa shape index (κ3) is 4.33. The molecule has 0 aliphatic carbocycles. The Morgan fingerprint density at radius 1 is 1.47 bits per heavy atom. The van der Waals surface area contributed by atoms with Crippen molar-refractivity contribution in [3.63, 3.8) is 0 Å². The molecule has 1 unspecified atom stereocenters. The van der Waals surface area contributed by atoms with Crippen LogP contribution in [0, 0.1) is 23.0 Å². The van der Waals surface area contributed by atoms with Gasteiger partial charge in [-0.2, -0.15) is 0 Å². The van der Waals surface area contributed by atoms with Crippen LogP contribution in [-0.4, -0.2) is 23.9 Å². The molecule has 104 valence electrons. The Balaban J connectivity index is 2.78. The van der Waals surface area contributed by atoms with Crippen molar-refractivity contribution in [2.75, 3.05) is 18.4 Å². The van der Waals surface area contributed by atoms with Gasteiger partial charge in [0.15, 0.2) is 0 Å². The third-order valence-corrected chi connectivity index (χ3v) is 2.84. The number of amides is 1. The molecule has 6 heteroatoms. The van der Waals surface area contributed by atoms with Crippen LogP contribution in [-0.2, 0) is 4.79 Å². The number of non-ortho nitro benzene ring substituents is 1. The van der Waals surface area contributed by atoms with E-state index in [1.807, 2.05) is 13.8 Å². The van der Waals surface area contributed by atoms with Gasteiger partial charge in [0.25, 0.3) is 5.69 Å². The molecule has 0 spiro atoms. The summed E-state index contributed by atoms with van der Waals surface area (Å²) in [5.41, 5.74) is 1.26. The van der Waals surface area contributed by atoms with E-state index in [9.17, 15) is 14.9 Å². The van der Waals surface area contributed by atoms with Crippen molar-refractivity contribution in [3.8, 4) is 0 Å². The van der Waals surface area contributed by atoms with Gasteiger partial charge in [0.2, 0.25) is 5.91 Å². The number of nitrogens with one attached hydrogen (secondary N) is 2. The van der Waals surface area contributed by atoms with Crippen LogP contribution in [0.3, 0.4) is 0 Å². The first-order valence-electron chi connectivity index (χ1n) is 6.22. The molecule has 1 aromatic carbocycles. The third-order valence-electron chi connectivity index (χ3n) is 2.84. The van der Waals surface area contributed by atoms with Crippen LogP contribution in [0.1, 0.15) is 19.4 Å². The Morgan fingerprint density at radius 3 is 2.74 bits per heavy atom. The number of nitro benzene ring substituents is 1. The van der Waals surface area contributed by atoms with Gasteiger partial charge in [0.05, 0.1) is 10.6 Å². The Kier molecular flexibility index (Phi) is 5.44. The summed E-state index contributed by atoms with van der Waals surface area (Å²) in [6, 6.07) is 4.43. The molecule has 0 aliphatic heterocycles. The lowest BCUT2D eigenvalue weighted by Gasteiger charge is -2.13. The highest BCUT2D eigenvalue weighted by Crippen LogP contribution is 2.22. The number of anilines is 1. The first-order chi connectivity index (χ1) is 8.95. The molecule has 0 aliphatic rings. The summed E-state index contributed by atoms with van der Waals surface area (Å²) in [6.45, 7) is 6.96. The van der Waals surface area contributed by atoms with Gasteiger partial charge in [-0.3, -0.25) is 14.9 Å². The molecule has 0 fully saturated rings. The summed E-state index contributed by atoms with van der Waals surface area (Å²) in [7, 11) is 0. The Bertz CT molecular complexity index is 474. The van der Waals surface area contributed by atoms with Crippen LogP contribution in [0.25, 0.3) is 0 Å². The minimum Gasteiger partial charge on any atom is -0.325 e. The average Bonchev–Trinajstić information content (AvgIpc) is 2.38. The Hall–Kier alpha value is -1.95. The maximum atomic E-state index is 11.9. The number of carbonyl (C=O) groups excluding carboxylic acids is 1. The topological polar surface area (TPSA) is 84.3 Å². The molecule has 0 saturated heterocycles. The second-order valence-electron chi connectivity index (χ2n) is 4.45. The number of aryl methyl sites for hydroxylation is 1. The molecule has 2 N–H and O–H groups in total. The maximum absolute atomic E-state index is 11.9. The molecule has 1 atom stereocenters. The number of nitrogens with zero attached hydrogens (tertiary/aromatic N) is 1. The monoisotopic (exact) mass is 265 g/mol. The van der Waals surface area contributed by atoms with E-state index in [4.69, 9.17) is 0 Å². The van der Waals surface area contributed by atoms with E-state index < -0.39 is 4.92 Å². The first-order valence-corrected chi connectivity index (χ1v) is 6.22. The van der Waals surface area contributed by atoms with Gasteiger partial charge < -0.3 is 10.6 Å². The molecule has 0 radical (unpaired) electrons. The van der Waals surface area contributed by atoms with Crippen molar-refractivity contribution in [2.45, 2.75) is 20.8 Å². The van der Waals surface area contributed by atoms with Gasteiger partial charge in [-0.25, -0.2) is 0 Å². The fourth-order valence-corrected chi connectivity index (χ4v) is 1.57. The number of hydrogen-bond acceptors (Lipinski definition) is 4. The highest BCUT2D eigenvalue weighted by atomic mass is 16.6. The fraction of sp³-hybridized carbons (Fsp3) is 0.462. The van der Waals surface area contributed by atoms with Gasteiger partial charge in [0.1, 0.15) is 0 Å². The quantitative estimate of drug-likeness (QED) is 0.609. The van der Waals surface area contributed by atoms with E-state index in [0.717, 1.165) is 12.1 Å². The summed E-state index contributed by atoms with van der Waals surface area (Å²) in [4.78, 5) is 22.2. The van der Waals surface area contributed by atoms with Gasteiger partial charge in [-0.15, -0.1) is 0 Å². The van der Waals surface area contributed by atoms with Gasteiger partial charge in [-0.05, 0) is 19.0 Å². The van der Waals surface area contributed by atoms with E-state index in [0.29, 0.717) is 12.2 Å². The lowest BCUT2D eigenvalue weighted by atomic mass is 10.1. The molecule has 0 heterocycles. The molecule has 0 aromatic heterocycles. The Labute approximate surface area is 112 Å². The van der Waals surface area contributed by atoms with E-state index >= 15 is 0 Å². The van der Waals surface area contributed by atoms with Crippen LogP contribution in [0.5, 0.6) is 0 Å². The fourth-order valence-electron chi connectivity index (χ4n) is 1.57. The molecule has 19 heavy (non-hydrogen) atoms. The molecule has 0 saturated carbocycles. The standard InChI is InChI=1S/C13H19N3O3/c1-4-14-8-10(3)13(17)15-12-7-11(16(18)19)6-5-9(12)2/h5-7,10,14H,4,8H2,1-3H3,(H,15,17).